The van der Waals surface area contributed by atoms with Crippen LogP contribution < -0.4 is 5.32 Å². The molecule has 1 N–H and O–H groups in total. The molecule has 0 fully saturated rings. The standard InChI is InChI=1S/C17H13BrN2O/c1-11-10-13(7-8-14(11)18)19-17(21)16-9-6-12-4-2-3-5-15(12)20-16/h2-10H,1H3,(H,19,21). The largest absolute Gasteiger partial charge is 0.321 e. The smallest absolute Gasteiger partial charge is 0.274 e. The van der Waals surface area contributed by atoms with E-state index in [1.165, 1.54) is 0 Å². The van der Waals surface area contributed by atoms with Crippen molar-refractivity contribution in [1.29, 1.82) is 0 Å². The number of aromatic nitrogens is 1. The molecule has 0 atom stereocenters. The summed E-state index contributed by atoms with van der Waals surface area (Å²) in [6.45, 7) is 1.98. The minimum Gasteiger partial charge on any atom is -0.321 e. The highest BCUT2D eigenvalue weighted by atomic mass is 79.9. The van der Waals surface area contributed by atoms with Gasteiger partial charge in [-0.1, -0.05) is 40.2 Å². The number of hydrogen-bond donors (Lipinski definition) is 1. The fourth-order valence-corrected chi connectivity index (χ4v) is 2.36. The number of fused-ring (bicyclic) bond motifs is 1. The third kappa shape index (κ3) is 2.95. The molecule has 0 radical (unpaired) electrons. The highest BCUT2D eigenvalue weighted by Crippen LogP contribution is 2.20. The number of halogens is 1. The molecule has 4 heteroatoms. The molecule has 0 aliphatic rings. The number of hydrogen-bond acceptors (Lipinski definition) is 2. The van der Waals surface area contributed by atoms with Gasteiger partial charge in [0.1, 0.15) is 5.69 Å². The average molecular weight is 341 g/mol. The Kier molecular flexibility index (Phi) is 3.71. The summed E-state index contributed by atoms with van der Waals surface area (Å²) in [6.07, 6.45) is 0. The first kappa shape index (κ1) is 13.8. The average Bonchev–Trinajstić information content (AvgIpc) is 2.50. The molecule has 0 unspecified atom stereocenters. The van der Waals surface area contributed by atoms with Crippen LogP contribution in [0.4, 0.5) is 5.69 Å². The summed E-state index contributed by atoms with van der Waals surface area (Å²) in [5.41, 5.74) is 3.06. The number of para-hydroxylation sites is 1. The fraction of sp³-hybridized carbons (Fsp3) is 0.0588. The summed E-state index contributed by atoms with van der Waals surface area (Å²) in [5.74, 6) is -0.206. The van der Waals surface area contributed by atoms with Gasteiger partial charge in [0.25, 0.3) is 5.91 Å². The Morgan fingerprint density at radius 1 is 1.10 bits per heavy atom. The first-order chi connectivity index (χ1) is 10.1. The van der Waals surface area contributed by atoms with Crippen molar-refractivity contribution in [3.63, 3.8) is 0 Å². The third-order valence-corrected chi connectivity index (χ3v) is 4.14. The van der Waals surface area contributed by atoms with Gasteiger partial charge in [0, 0.05) is 15.5 Å². The lowest BCUT2D eigenvalue weighted by atomic mass is 10.2. The summed E-state index contributed by atoms with van der Waals surface area (Å²) < 4.78 is 1.02. The van der Waals surface area contributed by atoms with Crippen molar-refractivity contribution in [2.45, 2.75) is 6.92 Å². The lowest BCUT2D eigenvalue weighted by Crippen LogP contribution is -2.13. The van der Waals surface area contributed by atoms with E-state index in [2.05, 4.69) is 26.2 Å². The topological polar surface area (TPSA) is 42.0 Å². The van der Waals surface area contributed by atoms with Gasteiger partial charge in [-0.2, -0.15) is 0 Å². The second-order valence-electron chi connectivity index (χ2n) is 4.81. The number of anilines is 1. The van der Waals surface area contributed by atoms with Gasteiger partial charge < -0.3 is 5.32 Å². The molecule has 3 rings (SSSR count). The van der Waals surface area contributed by atoms with E-state index in [9.17, 15) is 4.79 Å². The van der Waals surface area contributed by atoms with Crippen LogP contribution in [0.2, 0.25) is 0 Å². The maximum atomic E-state index is 12.3. The molecular weight excluding hydrogens is 328 g/mol. The van der Waals surface area contributed by atoms with Crippen LogP contribution in [-0.4, -0.2) is 10.9 Å². The van der Waals surface area contributed by atoms with E-state index < -0.39 is 0 Å². The van der Waals surface area contributed by atoms with Crippen molar-refractivity contribution in [3.8, 4) is 0 Å². The Balaban J connectivity index is 1.87. The van der Waals surface area contributed by atoms with E-state index in [1.54, 1.807) is 6.07 Å². The van der Waals surface area contributed by atoms with Gasteiger partial charge in [0.15, 0.2) is 0 Å². The van der Waals surface area contributed by atoms with Gasteiger partial charge in [-0.15, -0.1) is 0 Å². The molecule has 0 saturated carbocycles. The Labute approximate surface area is 131 Å². The Morgan fingerprint density at radius 2 is 1.90 bits per heavy atom. The van der Waals surface area contributed by atoms with Crippen LogP contribution in [0.1, 0.15) is 16.1 Å². The maximum Gasteiger partial charge on any atom is 0.274 e. The molecule has 0 saturated heterocycles. The molecule has 0 aliphatic carbocycles. The first-order valence-corrected chi connectivity index (χ1v) is 7.36. The predicted octanol–water partition coefficient (Wildman–Crippen LogP) is 4.56. The highest BCUT2D eigenvalue weighted by molar-refractivity contribution is 9.10. The molecular formula is C17H13BrN2O. The highest BCUT2D eigenvalue weighted by Gasteiger charge is 2.09. The molecule has 21 heavy (non-hydrogen) atoms. The number of nitrogens with one attached hydrogen (secondary N) is 1. The van der Waals surface area contributed by atoms with Crippen molar-refractivity contribution in [2.75, 3.05) is 5.32 Å². The van der Waals surface area contributed by atoms with E-state index in [0.29, 0.717) is 5.69 Å². The van der Waals surface area contributed by atoms with Crippen molar-refractivity contribution < 1.29 is 4.79 Å². The van der Waals surface area contributed by atoms with Crippen LogP contribution >= 0.6 is 15.9 Å². The molecule has 3 nitrogen and oxygen atoms in total. The van der Waals surface area contributed by atoms with Gasteiger partial charge in [0.05, 0.1) is 5.52 Å². The maximum absolute atomic E-state index is 12.3. The minimum atomic E-state index is -0.206. The summed E-state index contributed by atoms with van der Waals surface area (Å²) >= 11 is 3.44. The Bertz CT molecular complexity index is 830. The Morgan fingerprint density at radius 3 is 2.71 bits per heavy atom. The molecule has 0 aliphatic heterocycles. The van der Waals surface area contributed by atoms with Gasteiger partial charge in [-0.25, -0.2) is 4.98 Å². The molecule has 2 aromatic carbocycles. The molecule has 3 aromatic rings. The fourth-order valence-electron chi connectivity index (χ4n) is 2.11. The second kappa shape index (κ2) is 5.66. The van der Waals surface area contributed by atoms with Crippen LogP contribution in [0, 0.1) is 6.92 Å². The molecule has 0 spiro atoms. The number of nitrogens with zero attached hydrogens (tertiary/aromatic N) is 1. The number of carbonyl (C=O) groups excluding carboxylic acids is 1. The van der Waals surface area contributed by atoms with E-state index in [-0.39, 0.29) is 5.91 Å². The zero-order chi connectivity index (χ0) is 14.8. The summed E-state index contributed by atoms with van der Waals surface area (Å²) in [6, 6.07) is 17.1. The zero-order valence-corrected chi connectivity index (χ0v) is 13.0. The van der Waals surface area contributed by atoms with Crippen molar-refractivity contribution in [3.05, 3.63) is 70.3 Å². The number of pyridine rings is 1. The summed E-state index contributed by atoms with van der Waals surface area (Å²) in [4.78, 5) is 16.7. The van der Waals surface area contributed by atoms with Crippen LogP contribution in [0.15, 0.2) is 59.1 Å². The number of rotatable bonds is 2. The SMILES string of the molecule is Cc1cc(NC(=O)c2ccc3ccccc3n2)ccc1Br. The lowest BCUT2D eigenvalue weighted by molar-refractivity contribution is 0.102. The summed E-state index contributed by atoms with van der Waals surface area (Å²) in [7, 11) is 0. The number of carbonyl (C=O) groups is 1. The quantitative estimate of drug-likeness (QED) is 0.743. The molecule has 104 valence electrons. The number of aryl methyl sites for hydroxylation is 1. The first-order valence-electron chi connectivity index (χ1n) is 6.57. The van der Waals surface area contributed by atoms with Gasteiger partial charge in [0.2, 0.25) is 0 Å². The monoisotopic (exact) mass is 340 g/mol. The van der Waals surface area contributed by atoms with Crippen LogP contribution in [-0.2, 0) is 0 Å². The van der Waals surface area contributed by atoms with Crippen molar-refractivity contribution >= 4 is 38.4 Å². The Hall–Kier alpha value is -2.20. The molecule has 0 bridgehead atoms. The van der Waals surface area contributed by atoms with Gasteiger partial charge >= 0.3 is 0 Å². The third-order valence-electron chi connectivity index (χ3n) is 3.25. The minimum absolute atomic E-state index is 0.206. The second-order valence-corrected chi connectivity index (χ2v) is 5.66. The van der Waals surface area contributed by atoms with E-state index >= 15 is 0 Å². The predicted molar refractivity (Wildman–Crippen MR) is 88.6 cm³/mol. The van der Waals surface area contributed by atoms with Crippen LogP contribution in [0.3, 0.4) is 0 Å². The molecule has 1 aromatic heterocycles. The number of amides is 1. The van der Waals surface area contributed by atoms with Crippen molar-refractivity contribution in [1.82, 2.24) is 4.98 Å². The number of benzene rings is 2. The van der Waals surface area contributed by atoms with Gasteiger partial charge in [-0.3, -0.25) is 4.79 Å². The zero-order valence-electron chi connectivity index (χ0n) is 11.4. The van der Waals surface area contributed by atoms with E-state index in [4.69, 9.17) is 0 Å². The molecule has 1 amide bonds. The van der Waals surface area contributed by atoms with Crippen molar-refractivity contribution in [2.24, 2.45) is 0 Å². The van der Waals surface area contributed by atoms with Crippen LogP contribution in [0.25, 0.3) is 10.9 Å². The van der Waals surface area contributed by atoms with E-state index in [0.717, 1.165) is 26.6 Å². The van der Waals surface area contributed by atoms with E-state index in [1.807, 2.05) is 55.5 Å². The summed E-state index contributed by atoms with van der Waals surface area (Å²) in [5, 5.41) is 3.89. The molecule has 1 heterocycles. The normalized spacial score (nSPS) is 10.6. The van der Waals surface area contributed by atoms with Crippen LogP contribution in [0.5, 0.6) is 0 Å². The van der Waals surface area contributed by atoms with Gasteiger partial charge in [-0.05, 0) is 42.8 Å². The lowest BCUT2D eigenvalue weighted by Gasteiger charge is -2.07.